The molecule has 2 heterocycles. The van der Waals surface area contributed by atoms with E-state index in [0.29, 0.717) is 0 Å². The number of nitrogens with zero attached hydrogens (tertiary/aromatic N) is 2. The minimum absolute atomic E-state index is 0.136. The first-order chi connectivity index (χ1) is 13.2. The van der Waals surface area contributed by atoms with Crippen molar-refractivity contribution >= 4 is 16.5 Å². The Bertz CT molecular complexity index is 1180. The Morgan fingerprint density at radius 1 is 1.00 bits per heavy atom. The molecule has 0 bridgehead atoms. The minimum atomic E-state index is -0.136. The summed E-state index contributed by atoms with van der Waals surface area (Å²) in [5, 5.41) is 10.9. The molecule has 1 aliphatic heterocycles. The van der Waals surface area contributed by atoms with Gasteiger partial charge in [-0.15, -0.1) is 0 Å². The van der Waals surface area contributed by atoms with Gasteiger partial charge < -0.3 is 10.1 Å². The highest BCUT2D eigenvalue weighted by molar-refractivity contribution is 5.90. The molecule has 1 N–H and O–H groups in total. The van der Waals surface area contributed by atoms with E-state index in [1.54, 1.807) is 7.11 Å². The number of aryl methyl sites for hydroxylation is 2. The zero-order chi connectivity index (χ0) is 18.5. The standard InChI is InChI=1S/C23H21N3O/c1-14-7-6-10-18-19-13-15(2)25-26(19)23(24-22(14)18)21-17-9-5-4-8-16(17)11-12-20(21)27-3/h4-13,23-24H,1-3H3. The van der Waals surface area contributed by atoms with Crippen LogP contribution in [0.25, 0.3) is 22.0 Å². The summed E-state index contributed by atoms with van der Waals surface area (Å²) >= 11 is 0. The fraction of sp³-hybridized carbons (Fsp3) is 0.174. The Morgan fingerprint density at radius 2 is 1.85 bits per heavy atom. The number of rotatable bonds is 2. The maximum absolute atomic E-state index is 5.77. The largest absolute Gasteiger partial charge is 0.496 e. The normalized spacial score (nSPS) is 15.1. The summed E-state index contributed by atoms with van der Waals surface area (Å²) in [6.07, 6.45) is -0.136. The summed E-state index contributed by atoms with van der Waals surface area (Å²) in [5.41, 5.74) is 6.81. The lowest BCUT2D eigenvalue weighted by atomic mass is 9.97. The zero-order valence-corrected chi connectivity index (χ0v) is 15.7. The molecule has 4 nitrogen and oxygen atoms in total. The van der Waals surface area contributed by atoms with Crippen LogP contribution in [0.5, 0.6) is 5.75 Å². The van der Waals surface area contributed by atoms with E-state index in [4.69, 9.17) is 9.84 Å². The zero-order valence-electron chi connectivity index (χ0n) is 15.7. The lowest BCUT2D eigenvalue weighted by Crippen LogP contribution is -2.27. The Kier molecular flexibility index (Phi) is 3.47. The van der Waals surface area contributed by atoms with Crippen LogP contribution < -0.4 is 10.1 Å². The van der Waals surface area contributed by atoms with Crippen LogP contribution in [0.4, 0.5) is 5.69 Å². The molecule has 1 aliphatic rings. The average Bonchev–Trinajstić information content (AvgIpc) is 3.09. The fourth-order valence-corrected chi connectivity index (χ4v) is 4.12. The van der Waals surface area contributed by atoms with Gasteiger partial charge in [0.25, 0.3) is 0 Å². The maximum Gasteiger partial charge on any atom is 0.151 e. The third kappa shape index (κ3) is 2.33. The van der Waals surface area contributed by atoms with Crippen molar-refractivity contribution in [2.45, 2.75) is 20.0 Å². The molecule has 0 aliphatic carbocycles. The number of para-hydroxylation sites is 1. The van der Waals surface area contributed by atoms with Crippen LogP contribution in [0.15, 0.2) is 60.7 Å². The summed E-state index contributed by atoms with van der Waals surface area (Å²) < 4.78 is 7.85. The van der Waals surface area contributed by atoms with Crippen molar-refractivity contribution < 1.29 is 4.74 Å². The molecule has 0 radical (unpaired) electrons. The van der Waals surface area contributed by atoms with E-state index in [1.165, 1.54) is 21.9 Å². The second kappa shape index (κ2) is 5.88. The van der Waals surface area contributed by atoms with Gasteiger partial charge in [-0.1, -0.05) is 48.5 Å². The SMILES string of the molecule is COc1ccc2ccccc2c1C1Nc2c(C)cccc2-c2cc(C)nn21. The van der Waals surface area contributed by atoms with Crippen LogP contribution in [0, 0.1) is 13.8 Å². The van der Waals surface area contributed by atoms with Gasteiger partial charge in [-0.3, -0.25) is 0 Å². The van der Waals surface area contributed by atoms with E-state index >= 15 is 0 Å². The van der Waals surface area contributed by atoms with Crippen molar-refractivity contribution in [2.75, 3.05) is 12.4 Å². The molecule has 0 spiro atoms. The number of aromatic nitrogens is 2. The highest BCUT2D eigenvalue weighted by Gasteiger charge is 2.30. The predicted octanol–water partition coefficient (Wildman–Crippen LogP) is 5.30. The van der Waals surface area contributed by atoms with Gasteiger partial charge in [0.05, 0.1) is 18.5 Å². The second-order valence-corrected chi connectivity index (χ2v) is 7.06. The van der Waals surface area contributed by atoms with Crippen molar-refractivity contribution in [3.8, 4) is 17.0 Å². The molecular formula is C23H21N3O. The molecule has 134 valence electrons. The van der Waals surface area contributed by atoms with Gasteiger partial charge >= 0.3 is 0 Å². The molecule has 0 saturated heterocycles. The molecule has 5 rings (SSSR count). The highest BCUT2D eigenvalue weighted by Crippen LogP contribution is 2.44. The number of benzene rings is 3. The number of hydrogen-bond donors (Lipinski definition) is 1. The third-order valence-electron chi connectivity index (χ3n) is 5.36. The van der Waals surface area contributed by atoms with Gasteiger partial charge in [-0.05, 0) is 42.3 Å². The Balaban J connectivity index is 1.83. The van der Waals surface area contributed by atoms with Gasteiger partial charge in [-0.2, -0.15) is 5.10 Å². The predicted molar refractivity (Wildman–Crippen MR) is 109 cm³/mol. The molecule has 1 atom stereocenters. The first kappa shape index (κ1) is 15.9. The van der Waals surface area contributed by atoms with Crippen LogP contribution in [0.1, 0.15) is 23.0 Å². The van der Waals surface area contributed by atoms with Crippen molar-refractivity contribution in [3.05, 3.63) is 77.5 Å². The monoisotopic (exact) mass is 355 g/mol. The van der Waals surface area contributed by atoms with E-state index in [2.05, 4.69) is 71.5 Å². The van der Waals surface area contributed by atoms with Gasteiger partial charge in [0.15, 0.2) is 6.17 Å². The summed E-state index contributed by atoms with van der Waals surface area (Å²) in [7, 11) is 1.73. The summed E-state index contributed by atoms with van der Waals surface area (Å²) in [5.74, 6) is 0.863. The van der Waals surface area contributed by atoms with E-state index in [-0.39, 0.29) is 6.17 Å². The molecule has 1 unspecified atom stereocenters. The quantitative estimate of drug-likeness (QED) is 0.530. The molecule has 0 fully saturated rings. The lowest BCUT2D eigenvalue weighted by molar-refractivity contribution is 0.403. The molecular weight excluding hydrogens is 334 g/mol. The van der Waals surface area contributed by atoms with E-state index in [1.807, 2.05) is 13.0 Å². The number of methoxy groups -OCH3 is 1. The number of anilines is 1. The lowest BCUT2D eigenvalue weighted by Gasteiger charge is -2.31. The van der Waals surface area contributed by atoms with E-state index in [0.717, 1.165) is 28.4 Å². The second-order valence-electron chi connectivity index (χ2n) is 7.06. The van der Waals surface area contributed by atoms with Crippen LogP contribution in [-0.2, 0) is 0 Å². The van der Waals surface area contributed by atoms with E-state index < -0.39 is 0 Å². The number of ether oxygens (including phenoxy) is 1. The number of fused-ring (bicyclic) bond motifs is 4. The van der Waals surface area contributed by atoms with Crippen LogP contribution >= 0.6 is 0 Å². The van der Waals surface area contributed by atoms with Gasteiger partial charge in [0.1, 0.15) is 5.75 Å². The number of hydrogen-bond acceptors (Lipinski definition) is 3. The average molecular weight is 355 g/mol. The van der Waals surface area contributed by atoms with Gasteiger partial charge in [0.2, 0.25) is 0 Å². The Labute approximate surface area is 158 Å². The van der Waals surface area contributed by atoms with Crippen molar-refractivity contribution in [1.29, 1.82) is 0 Å². The van der Waals surface area contributed by atoms with Crippen molar-refractivity contribution in [1.82, 2.24) is 9.78 Å². The molecule has 0 amide bonds. The summed E-state index contributed by atoms with van der Waals surface area (Å²) in [6.45, 7) is 4.18. The first-order valence-corrected chi connectivity index (χ1v) is 9.15. The Hall–Kier alpha value is -3.27. The third-order valence-corrected chi connectivity index (χ3v) is 5.36. The van der Waals surface area contributed by atoms with Crippen LogP contribution in [0.2, 0.25) is 0 Å². The molecule has 4 heteroatoms. The van der Waals surface area contributed by atoms with Crippen LogP contribution in [0.3, 0.4) is 0 Å². The fourth-order valence-electron chi connectivity index (χ4n) is 4.12. The molecule has 1 aromatic heterocycles. The Morgan fingerprint density at radius 3 is 2.70 bits per heavy atom. The minimum Gasteiger partial charge on any atom is -0.496 e. The van der Waals surface area contributed by atoms with Crippen molar-refractivity contribution in [3.63, 3.8) is 0 Å². The maximum atomic E-state index is 5.77. The molecule has 27 heavy (non-hydrogen) atoms. The first-order valence-electron chi connectivity index (χ1n) is 9.15. The molecule has 3 aromatic carbocycles. The topological polar surface area (TPSA) is 39.1 Å². The van der Waals surface area contributed by atoms with E-state index in [9.17, 15) is 0 Å². The molecule has 0 saturated carbocycles. The van der Waals surface area contributed by atoms with Crippen molar-refractivity contribution in [2.24, 2.45) is 0 Å². The van der Waals surface area contributed by atoms with Gasteiger partial charge in [-0.25, -0.2) is 4.68 Å². The van der Waals surface area contributed by atoms with Gasteiger partial charge in [0, 0.05) is 16.8 Å². The summed E-state index contributed by atoms with van der Waals surface area (Å²) in [4.78, 5) is 0. The number of nitrogens with one attached hydrogen (secondary N) is 1. The highest BCUT2D eigenvalue weighted by atomic mass is 16.5. The molecule has 4 aromatic rings. The smallest absolute Gasteiger partial charge is 0.151 e. The summed E-state index contributed by atoms with van der Waals surface area (Å²) in [6, 6.07) is 21.1. The van der Waals surface area contributed by atoms with Crippen LogP contribution in [-0.4, -0.2) is 16.9 Å².